The van der Waals surface area contributed by atoms with Crippen LogP contribution in [0.3, 0.4) is 0 Å². The maximum atomic E-state index is 13.7. The highest BCUT2D eigenvalue weighted by Crippen LogP contribution is 2.33. The second kappa shape index (κ2) is 19.6. The van der Waals surface area contributed by atoms with Crippen LogP contribution in [0.5, 0.6) is 11.5 Å². The molecule has 14 heteroatoms. The lowest BCUT2D eigenvalue weighted by atomic mass is 9.97. The van der Waals surface area contributed by atoms with E-state index in [2.05, 4.69) is 9.97 Å². The van der Waals surface area contributed by atoms with Gasteiger partial charge < -0.3 is 28.4 Å². The van der Waals surface area contributed by atoms with Gasteiger partial charge in [0.2, 0.25) is 11.8 Å². The SMILES string of the molecule is COc1cc(/C=C2\CCCN([C@@H](C)c3cc(F)cc(F)c3)C2=O)ccc1-n1cnc(C)c1.COc1cc(/C=C2\CCCN([C@H](C)c3cc(F)cc(F)c3)C2=O)ccc1-n1cnc(C)c1. The first-order chi connectivity index (χ1) is 30.7. The van der Waals surface area contributed by atoms with Gasteiger partial charge in [0, 0.05) is 48.8 Å². The van der Waals surface area contributed by atoms with Crippen LogP contribution in [0.15, 0.2) is 109 Å². The molecule has 0 saturated carbocycles. The summed E-state index contributed by atoms with van der Waals surface area (Å²) in [5, 5.41) is 0. The Morgan fingerprint density at radius 2 is 0.953 bits per heavy atom. The molecule has 2 aromatic heterocycles. The first-order valence-electron chi connectivity index (χ1n) is 21.0. The van der Waals surface area contributed by atoms with Gasteiger partial charge in [-0.05, 0) is 136 Å². The Bertz CT molecular complexity index is 2520. The molecule has 0 radical (unpaired) electrons. The summed E-state index contributed by atoms with van der Waals surface area (Å²) in [7, 11) is 3.21. The van der Waals surface area contributed by atoms with E-state index in [-0.39, 0.29) is 11.8 Å². The van der Waals surface area contributed by atoms with Crippen molar-refractivity contribution in [3.05, 3.63) is 166 Å². The number of methoxy groups -OCH3 is 2. The van der Waals surface area contributed by atoms with E-state index < -0.39 is 35.4 Å². The van der Waals surface area contributed by atoms with Gasteiger partial charge in [0.15, 0.2) is 0 Å². The molecule has 0 bridgehead atoms. The predicted octanol–water partition coefficient (Wildman–Crippen LogP) is 10.5. The van der Waals surface area contributed by atoms with Crippen molar-refractivity contribution in [2.45, 2.75) is 65.5 Å². The van der Waals surface area contributed by atoms with Crippen LogP contribution in [0.25, 0.3) is 23.5 Å². The molecule has 4 aromatic carbocycles. The zero-order valence-electron chi connectivity index (χ0n) is 36.6. The summed E-state index contributed by atoms with van der Waals surface area (Å²) in [5.74, 6) is -1.50. The molecule has 0 spiro atoms. The van der Waals surface area contributed by atoms with Gasteiger partial charge in [0.1, 0.15) is 34.8 Å². The van der Waals surface area contributed by atoms with E-state index in [0.717, 1.165) is 58.9 Å². The lowest BCUT2D eigenvalue weighted by molar-refractivity contribution is -0.131. The summed E-state index contributed by atoms with van der Waals surface area (Å²) in [5.41, 5.74) is 7.41. The number of imidazole rings is 2. The van der Waals surface area contributed by atoms with Gasteiger partial charge in [-0.25, -0.2) is 27.5 Å². The summed E-state index contributed by atoms with van der Waals surface area (Å²) in [4.78, 5) is 38.2. The third kappa shape index (κ3) is 10.3. The Morgan fingerprint density at radius 3 is 1.28 bits per heavy atom. The highest BCUT2D eigenvalue weighted by Gasteiger charge is 2.30. The molecule has 0 aliphatic carbocycles. The summed E-state index contributed by atoms with van der Waals surface area (Å²) < 4.78 is 69.6. The fourth-order valence-electron chi connectivity index (χ4n) is 8.17. The molecule has 0 N–H and O–H groups in total. The van der Waals surface area contributed by atoms with Crippen molar-refractivity contribution < 1.29 is 36.6 Å². The van der Waals surface area contributed by atoms with Crippen molar-refractivity contribution in [1.29, 1.82) is 0 Å². The molecule has 2 aliphatic heterocycles. The van der Waals surface area contributed by atoms with Crippen LogP contribution in [0, 0.1) is 37.1 Å². The lowest BCUT2D eigenvalue weighted by Crippen LogP contribution is -2.38. The number of hydrogen-bond acceptors (Lipinski definition) is 6. The number of carbonyl (C=O) groups excluding carboxylic acids is 2. The van der Waals surface area contributed by atoms with E-state index in [4.69, 9.17) is 9.47 Å². The quantitative estimate of drug-likeness (QED) is 0.101. The smallest absolute Gasteiger partial charge is 0.250 e. The first kappa shape index (κ1) is 45.1. The number of ether oxygens (including phenoxy) is 2. The second-order valence-electron chi connectivity index (χ2n) is 16.0. The van der Waals surface area contributed by atoms with Gasteiger partial charge in [0.05, 0.1) is 61.7 Å². The molecule has 2 aliphatic rings. The topological polar surface area (TPSA) is 94.7 Å². The summed E-state index contributed by atoms with van der Waals surface area (Å²) >= 11 is 0. The number of nitrogens with zero attached hydrogens (tertiary/aromatic N) is 6. The molecular formula is C50H50F4N6O4. The van der Waals surface area contributed by atoms with Gasteiger partial charge in [-0.2, -0.15) is 0 Å². The molecule has 2 fully saturated rings. The van der Waals surface area contributed by atoms with Crippen molar-refractivity contribution in [2.24, 2.45) is 0 Å². The minimum absolute atomic E-state index is 0.123. The van der Waals surface area contributed by atoms with Crippen molar-refractivity contribution in [2.75, 3.05) is 27.3 Å². The number of amides is 2. The van der Waals surface area contributed by atoms with Gasteiger partial charge in [-0.3, -0.25) is 9.59 Å². The number of piperidine rings is 2. The van der Waals surface area contributed by atoms with Crippen LogP contribution in [0.4, 0.5) is 17.6 Å². The minimum atomic E-state index is -0.646. The molecule has 2 atom stereocenters. The van der Waals surface area contributed by atoms with E-state index >= 15 is 0 Å². The van der Waals surface area contributed by atoms with Crippen molar-refractivity contribution in [1.82, 2.24) is 28.9 Å². The average molecular weight is 875 g/mol. The second-order valence-corrected chi connectivity index (χ2v) is 16.0. The van der Waals surface area contributed by atoms with Crippen molar-refractivity contribution in [3.8, 4) is 22.9 Å². The van der Waals surface area contributed by atoms with Gasteiger partial charge in [0.25, 0.3) is 0 Å². The fourth-order valence-corrected chi connectivity index (χ4v) is 8.17. The maximum Gasteiger partial charge on any atom is 0.250 e. The first-order valence-corrected chi connectivity index (χ1v) is 21.0. The van der Waals surface area contributed by atoms with E-state index in [1.807, 2.05) is 83.9 Å². The van der Waals surface area contributed by atoms with Gasteiger partial charge >= 0.3 is 0 Å². The molecule has 64 heavy (non-hydrogen) atoms. The van der Waals surface area contributed by atoms with Gasteiger partial charge in [-0.1, -0.05) is 12.1 Å². The van der Waals surface area contributed by atoms with E-state index in [9.17, 15) is 27.2 Å². The molecule has 4 heterocycles. The maximum absolute atomic E-state index is 13.7. The molecule has 0 unspecified atom stereocenters. The zero-order chi connectivity index (χ0) is 45.7. The average Bonchev–Trinajstić information content (AvgIpc) is 3.91. The van der Waals surface area contributed by atoms with Gasteiger partial charge in [-0.15, -0.1) is 0 Å². The number of carbonyl (C=O) groups is 2. The third-order valence-corrected chi connectivity index (χ3v) is 11.5. The van der Waals surface area contributed by atoms with Crippen LogP contribution in [0.1, 0.15) is 85.3 Å². The molecule has 332 valence electrons. The molecule has 2 amide bonds. The number of halogens is 4. The highest BCUT2D eigenvalue weighted by molar-refractivity contribution is 5.99. The fraction of sp³-hybridized carbons (Fsp3) is 0.280. The molecule has 10 nitrogen and oxygen atoms in total. The lowest BCUT2D eigenvalue weighted by Gasteiger charge is -2.34. The number of hydrogen-bond donors (Lipinski definition) is 0. The Hall–Kier alpha value is -6.96. The number of aromatic nitrogens is 4. The van der Waals surface area contributed by atoms with E-state index in [1.165, 1.54) is 24.3 Å². The molecule has 2 saturated heterocycles. The number of benzene rings is 4. The Kier molecular flexibility index (Phi) is 13.8. The van der Waals surface area contributed by atoms with Crippen LogP contribution < -0.4 is 9.47 Å². The van der Waals surface area contributed by atoms with E-state index in [0.29, 0.717) is 59.7 Å². The molecule has 8 rings (SSSR count). The minimum Gasteiger partial charge on any atom is -0.495 e. The Balaban J connectivity index is 0.000000191. The Morgan fingerprint density at radius 1 is 0.578 bits per heavy atom. The van der Waals surface area contributed by atoms with Crippen molar-refractivity contribution >= 4 is 24.0 Å². The third-order valence-electron chi connectivity index (χ3n) is 11.5. The predicted molar refractivity (Wildman–Crippen MR) is 237 cm³/mol. The zero-order valence-corrected chi connectivity index (χ0v) is 36.6. The van der Waals surface area contributed by atoms with Crippen LogP contribution >= 0.6 is 0 Å². The monoisotopic (exact) mass is 874 g/mol. The van der Waals surface area contributed by atoms with E-state index in [1.54, 1.807) is 50.5 Å². The molecular weight excluding hydrogens is 825 g/mol. The summed E-state index contributed by atoms with van der Waals surface area (Å²) in [6.45, 7) is 8.50. The van der Waals surface area contributed by atoms with Crippen LogP contribution in [-0.2, 0) is 9.59 Å². The van der Waals surface area contributed by atoms with Crippen LogP contribution in [0.2, 0.25) is 0 Å². The summed E-state index contributed by atoms with van der Waals surface area (Å²) in [6.07, 6.45) is 13.8. The number of aryl methyl sites for hydroxylation is 2. The number of likely N-dealkylation sites (tertiary alicyclic amines) is 2. The standard InChI is InChI=1S/2C25H25F2N3O2/c2*1-16-14-29(15-28-16)23-7-6-18(10-24(23)32-3)9-19-5-4-8-30(25(19)31)17(2)20-11-21(26)13-22(27)12-20/h2*6-7,9-15,17H,4-5,8H2,1-3H3/b2*19-9+/t2*17-/m10/s1. The Labute approximate surface area is 370 Å². The largest absolute Gasteiger partial charge is 0.495 e. The number of rotatable bonds is 10. The van der Waals surface area contributed by atoms with Crippen LogP contribution in [-0.4, -0.2) is 68.0 Å². The normalized spacial score (nSPS) is 16.5. The molecule has 6 aromatic rings. The highest BCUT2D eigenvalue weighted by atomic mass is 19.1. The van der Waals surface area contributed by atoms with Crippen molar-refractivity contribution in [3.63, 3.8) is 0 Å². The summed E-state index contributed by atoms with van der Waals surface area (Å²) in [6, 6.07) is 17.4.